The molecule has 0 bridgehead atoms. The minimum Gasteiger partial charge on any atom is -0.350 e. The number of likely N-dealkylation sites (tertiary alicyclic amines) is 1. The largest absolute Gasteiger partial charge is 0.350 e. The maximum atomic E-state index is 14.6. The number of carbonyl (C=O) groups excluding carboxylic acids is 2. The molecule has 2 atom stereocenters. The van der Waals surface area contributed by atoms with E-state index in [9.17, 15) is 9.59 Å². The standard InChI is InChI=1S/C33H29Cl2N3O2S2/c1-21-5-12-25(13-6-21)42-33(32(40)36-18-26-4-3-15-41-26)17-30(39)38(19-22-7-9-23(34)10-8-22)31(33)28-20-37(2)29-16-24(35)11-14-27(28)29/h3-16,20,31H,17-19H2,1-2H3,(H,36,40)/t31-,33-/m1/s1. The molecule has 0 spiro atoms. The number of nitrogens with zero attached hydrogens (tertiary/aromatic N) is 2. The lowest BCUT2D eigenvalue weighted by Crippen LogP contribution is -2.48. The van der Waals surface area contributed by atoms with Crippen LogP contribution in [0, 0.1) is 6.92 Å². The lowest BCUT2D eigenvalue weighted by atomic mass is 9.91. The minimum atomic E-state index is -1.13. The quantitative estimate of drug-likeness (QED) is 0.187. The summed E-state index contributed by atoms with van der Waals surface area (Å²) in [4.78, 5) is 32.5. The average molecular weight is 635 g/mol. The third kappa shape index (κ3) is 5.59. The van der Waals surface area contributed by atoms with E-state index in [4.69, 9.17) is 23.2 Å². The van der Waals surface area contributed by atoms with Crippen LogP contribution in [0.5, 0.6) is 0 Å². The van der Waals surface area contributed by atoms with E-state index in [1.54, 1.807) is 11.3 Å². The minimum absolute atomic E-state index is 0.0596. The highest BCUT2D eigenvalue weighted by molar-refractivity contribution is 8.01. The topological polar surface area (TPSA) is 54.3 Å². The number of benzene rings is 3. The SMILES string of the molecule is Cc1ccc(S[C@]2(C(=O)NCc3cccs3)CC(=O)N(Cc3ccc(Cl)cc3)[C@@H]2c2cn(C)c3cc(Cl)ccc23)cc1. The highest BCUT2D eigenvalue weighted by atomic mass is 35.5. The molecule has 0 radical (unpaired) electrons. The Labute approximate surface area is 263 Å². The van der Waals surface area contributed by atoms with Crippen molar-refractivity contribution >= 4 is 69.0 Å². The second-order valence-corrected chi connectivity index (χ2v) is 14.0. The van der Waals surface area contributed by atoms with Gasteiger partial charge in [-0.05, 0) is 60.3 Å². The number of hydrogen-bond acceptors (Lipinski definition) is 4. The van der Waals surface area contributed by atoms with Crippen molar-refractivity contribution < 1.29 is 9.59 Å². The monoisotopic (exact) mass is 633 g/mol. The number of carbonyl (C=O) groups is 2. The van der Waals surface area contributed by atoms with Crippen molar-refractivity contribution in [3.8, 4) is 0 Å². The lowest BCUT2D eigenvalue weighted by Gasteiger charge is -2.36. The van der Waals surface area contributed by atoms with Gasteiger partial charge in [0.2, 0.25) is 11.8 Å². The summed E-state index contributed by atoms with van der Waals surface area (Å²) in [6.07, 6.45) is 2.10. The molecule has 0 saturated carbocycles. The normalized spacial score (nSPS) is 18.6. The van der Waals surface area contributed by atoms with Gasteiger partial charge in [0.05, 0.1) is 19.0 Å². The zero-order valence-electron chi connectivity index (χ0n) is 23.1. The van der Waals surface area contributed by atoms with Crippen LogP contribution in [0.1, 0.15) is 34.0 Å². The van der Waals surface area contributed by atoms with Gasteiger partial charge in [-0.25, -0.2) is 0 Å². The highest BCUT2D eigenvalue weighted by Crippen LogP contribution is 2.54. The molecular weight excluding hydrogens is 605 g/mol. The molecule has 3 aromatic carbocycles. The molecule has 9 heteroatoms. The first kappa shape index (κ1) is 28.9. The van der Waals surface area contributed by atoms with E-state index in [-0.39, 0.29) is 18.2 Å². The van der Waals surface area contributed by atoms with Crippen molar-refractivity contribution in [3.05, 3.63) is 122 Å². The summed E-state index contributed by atoms with van der Waals surface area (Å²) in [5, 5.41) is 7.42. The van der Waals surface area contributed by atoms with Crippen LogP contribution in [-0.4, -0.2) is 26.0 Å². The smallest absolute Gasteiger partial charge is 0.239 e. The van der Waals surface area contributed by atoms with E-state index < -0.39 is 10.8 Å². The van der Waals surface area contributed by atoms with E-state index in [0.29, 0.717) is 23.1 Å². The third-order valence-electron chi connectivity index (χ3n) is 7.74. The molecule has 42 heavy (non-hydrogen) atoms. The summed E-state index contributed by atoms with van der Waals surface area (Å²) < 4.78 is 0.884. The molecule has 6 rings (SSSR count). The number of nitrogens with one attached hydrogen (secondary N) is 1. The Balaban J connectivity index is 1.52. The first-order chi connectivity index (χ1) is 20.2. The average Bonchev–Trinajstić information content (AvgIpc) is 3.67. The second-order valence-electron chi connectivity index (χ2n) is 10.7. The number of aromatic nitrogens is 1. The first-order valence-corrected chi connectivity index (χ1v) is 16.0. The predicted octanol–water partition coefficient (Wildman–Crippen LogP) is 8.18. The van der Waals surface area contributed by atoms with Gasteiger partial charge >= 0.3 is 0 Å². The first-order valence-electron chi connectivity index (χ1n) is 13.6. The van der Waals surface area contributed by atoms with E-state index in [1.165, 1.54) is 11.8 Å². The fourth-order valence-electron chi connectivity index (χ4n) is 5.70. The van der Waals surface area contributed by atoms with Gasteiger partial charge in [-0.3, -0.25) is 9.59 Å². The van der Waals surface area contributed by atoms with Crippen molar-refractivity contribution in [3.63, 3.8) is 0 Å². The van der Waals surface area contributed by atoms with Crippen molar-refractivity contribution in [1.82, 2.24) is 14.8 Å². The van der Waals surface area contributed by atoms with Gasteiger partial charge in [0.15, 0.2) is 0 Å². The number of hydrogen-bond donors (Lipinski definition) is 1. The Bertz CT molecular complexity index is 1750. The molecule has 0 aliphatic carbocycles. The molecule has 5 nitrogen and oxygen atoms in total. The summed E-state index contributed by atoms with van der Waals surface area (Å²) in [7, 11) is 1.97. The summed E-state index contributed by atoms with van der Waals surface area (Å²) >= 11 is 15.6. The number of halogens is 2. The van der Waals surface area contributed by atoms with Crippen LogP contribution >= 0.6 is 46.3 Å². The van der Waals surface area contributed by atoms with Crippen LogP contribution in [0.15, 0.2) is 95.3 Å². The Kier molecular flexibility index (Phi) is 8.11. The summed E-state index contributed by atoms with van der Waals surface area (Å²) in [6, 6.07) is 24.8. The van der Waals surface area contributed by atoms with Gasteiger partial charge in [0, 0.05) is 56.1 Å². The maximum absolute atomic E-state index is 14.6. The predicted molar refractivity (Wildman–Crippen MR) is 173 cm³/mol. The van der Waals surface area contributed by atoms with Gasteiger partial charge in [-0.1, -0.05) is 65.2 Å². The number of rotatable bonds is 8. The number of thiophene rings is 1. The summed E-state index contributed by atoms with van der Waals surface area (Å²) in [6.45, 7) is 2.78. The van der Waals surface area contributed by atoms with Gasteiger partial charge in [-0.2, -0.15) is 0 Å². The fraction of sp³-hybridized carbons (Fsp3) is 0.212. The molecule has 1 fully saturated rings. The molecule has 5 aromatic rings. The zero-order valence-corrected chi connectivity index (χ0v) is 26.3. The summed E-state index contributed by atoms with van der Waals surface area (Å²) in [5.74, 6) is -0.240. The Hall–Kier alpha value is -3.23. The van der Waals surface area contributed by atoms with Crippen LogP contribution in [0.3, 0.4) is 0 Å². The van der Waals surface area contributed by atoms with E-state index >= 15 is 0 Å². The Morgan fingerprint density at radius 2 is 1.79 bits per heavy atom. The van der Waals surface area contributed by atoms with Crippen molar-refractivity contribution in [2.75, 3.05) is 0 Å². The fourth-order valence-corrected chi connectivity index (χ4v) is 8.06. The lowest BCUT2D eigenvalue weighted by molar-refractivity contribution is -0.129. The van der Waals surface area contributed by atoms with Crippen molar-refractivity contribution in [1.29, 1.82) is 0 Å². The van der Waals surface area contributed by atoms with E-state index in [0.717, 1.165) is 37.4 Å². The second kappa shape index (κ2) is 11.8. The van der Waals surface area contributed by atoms with Gasteiger partial charge in [0.25, 0.3) is 0 Å². The molecule has 1 saturated heterocycles. The molecule has 1 aliphatic rings. The summed E-state index contributed by atoms with van der Waals surface area (Å²) in [5.41, 5.74) is 3.92. The number of fused-ring (bicyclic) bond motifs is 1. The van der Waals surface area contributed by atoms with Crippen molar-refractivity contribution in [2.24, 2.45) is 7.05 Å². The molecular formula is C33H29Cl2N3O2S2. The third-order valence-corrected chi connectivity index (χ3v) is 10.5. The number of thioether (sulfide) groups is 1. The van der Waals surface area contributed by atoms with Gasteiger partial charge < -0.3 is 14.8 Å². The van der Waals surface area contributed by atoms with E-state index in [1.807, 2.05) is 114 Å². The van der Waals surface area contributed by atoms with Crippen molar-refractivity contribution in [2.45, 2.75) is 42.1 Å². The Morgan fingerprint density at radius 3 is 2.50 bits per heavy atom. The highest BCUT2D eigenvalue weighted by Gasteiger charge is 2.58. The van der Waals surface area contributed by atoms with Gasteiger partial charge in [-0.15, -0.1) is 23.1 Å². The molecule has 2 aromatic heterocycles. The van der Waals surface area contributed by atoms with Crippen LogP contribution in [-0.2, 0) is 29.7 Å². The van der Waals surface area contributed by atoms with E-state index in [2.05, 4.69) is 5.32 Å². The molecule has 214 valence electrons. The van der Waals surface area contributed by atoms with Crippen LogP contribution < -0.4 is 5.32 Å². The molecule has 0 unspecified atom stereocenters. The molecule has 1 N–H and O–H groups in total. The zero-order chi connectivity index (χ0) is 29.4. The van der Waals surface area contributed by atoms with Crippen LogP contribution in [0.2, 0.25) is 10.0 Å². The molecule has 3 heterocycles. The van der Waals surface area contributed by atoms with Crippen LogP contribution in [0.25, 0.3) is 10.9 Å². The Morgan fingerprint density at radius 1 is 1.05 bits per heavy atom. The van der Waals surface area contributed by atoms with Gasteiger partial charge in [0.1, 0.15) is 4.75 Å². The van der Waals surface area contributed by atoms with Crippen LogP contribution in [0.4, 0.5) is 0 Å². The molecule has 2 amide bonds. The number of aryl methyl sites for hydroxylation is 2. The molecule has 1 aliphatic heterocycles. The maximum Gasteiger partial charge on any atom is 0.239 e. The number of amides is 2.